The van der Waals surface area contributed by atoms with Gasteiger partial charge in [0.1, 0.15) is 6.10 Å². The molecular formula is C14H22N2O3. The molecule has 0 aliphatic heterocycles. The maximum atomic E-state index is 11.6. The zero-order chi connectivity index (χ0) is 14.3. The summed E-state index contributed by atoms with van der Waals surface area (Å²) in [4.78, 5) is 23.2. The first kappa shape index (κ1) is 15.4. The number of hydrogen-bond donors (Lipinski definition) is 1. The van der Waals surface area contributed by atoms with Gasteiger partial charge in [0.2, 0.25) is 5.91 Å². The molecule has 1 atom stereocenters. The Balaban J connectivity index is 2.35. The molecule has 0 unspecified atom stereocenters. The van der Waals surface area contributed by atoms with Crippen molar-refractivity contribution >= 4 is 5.91 Å². The quantitative estimate of drug-likeness (QED) is 0.751. The molecule has 1 rings (SSSR count). The second-order valence-corrected chi connectivity index (χ2v) is 4.40. The largest absolute Gasteiger partial charge is 0.369 e. The van der Waals surface area contributed by atoms with Gasteiger partial charge in [-0.05, 0) is 33.3 Å². The summed E-state index contributed by atoms with van der Waals surface area (Å²) >= 11 is 0. The van der Waals surface area contributed by atoms with Crippen LogP contribution in [0.1, 0.15) is 26.0 Å². The third-order valence-corrected chi connectivity index (χ3v) is 2.91. The molecular weight excluding hydrogens is 244 g/mol. The number of amides is 1. The van der Waals surface area contributed by atoms with Gasteiger partial charge in [0.15, 0.2) is 0 Å². The third kappa shape index (κ3) is 4.87. The molecule has 1 N–H and O–H groups in total. The lowest BCUT2D eigenvalue weighted by Crippen LogP contribution is -2.35. The molecule has 0 aliphatic rings. The number of aryl methyl sites for hydroxylation is 1. The van der Waals surface area contributed by atoms with Gasteiger partial charge in [-0.15, -0.1) is 0 Å². The molecule has 5 nitrogen and oxygen atoms in total. The molecule has 0 saturated heterocycles. The van der Waals surface area contributed by atoms with E-state index >= 15 is 0 Å². The van der Waals surface area contributed by atoms with E-state index < -0.39 is 6.10 Å². The predicted molar refractivity (Wildman–Crippen MR) is 74.2 cm³/mol. The van der Waals surface area contributed by atoms with Crippen LogP contribution in [0.4, 0.5) is 0 Å². The van der Waals surface area contributed by atoms with Crippen molar-refractivity contribution in [2.75, 3.05) is 13.2 Å². The van der Waals surface area contributed by atoms with E-state index in [1.807, 2.05) is 19.9 Å². The van der Waals surface area contributed by atoms with E-state index in [1.165, 1.54) is 0 Å². The van der Waals surface area contributed by atoms with E-state index in [2.05, 4.69) is 5.32 Å². The molecule has 0 bridgehead atoms. The van der Waals surface area contributed by atoms with Gasteiger partial charge < -0.3 is 14.6 Å². The Morgan fingerprint density at radius 2 is 2.21 bits per heavy atom. The van der Waals surface area contributed by atoms with Crippen LogP contribution in [0, 0.1) is 6.92 Å². The topological polar surface area (TPSA) is 60.3 Å². The number of ether oxygens (including phenoxy) is 1. The summed E-state index contributed by atoms with van der Waals surface area (Å²) in [5, 5.41) is 2.80. The van der Waals surface area contributed by atoms with Gasteiger partial charge in [0.05, 0.1) is 0 Å². The molecule has 0 aliphatic carbocycles. The van der Waals surface area contributed by atoms with Crippen molar-refractivity contribution in [2.45, 2.75) is 39.8 Å². The van der Waals surface area contributed by atoms with Crippen molar-refractivity contribution in [1.29, 1.82) is 0 Å². The number of nitrogens with zero attached hydrogens (tertiary/aromatic N) is 1. The Kier molecular flexibility index (Phi) is 6.29. The zero-order valence-electron chi connectivity index (χ0n) is 11.8. The highest BCUT2D eigenvalue weighted by Gasteiger charge is 2.11. The number of pyridine rings is 1. The fourth-order valence-electron chi connectivity index (χ4n) is 1.83. The van der Waals surface area contributed by atoms with Gasteiger partial charge in [0, 0.05) is 31.5 Å². The van der Waals surface area contributed by atoms with Gasteiger partial charge in [-0.25, -0.2) is 0 Å². The smallest absolute Gasteiger partial charge is 0.250 e. The fraction of sp³-hybridized carbons (Fsp3) is 0.571. The fourth-order valence-corrected chi connectivity index (χ4v) is 1.83. The first-order valence-electron chi connectivity index (χ1n) is 6.62. The van der Waals surface area contributed by atoms with Crippen LogP contribution in [-0.4, -0.2) is 29.7 Å². The minimum atomic E-state index is -0.425. The van der Waals surface area contributed by atoms with Crippen molar-refractivity contribution < 1.29 is 9.53 Å². The molecule has 1 heterocycles. The minimum absolute atomic E-state index is 0.00555. The number of carbonyl (C=O) groups excluding carboxylic acids is 1. The maximum Gasteiger partial charge on any atom is 0.250 e. The molecule has 106 valence electrons. The lowest BCUT2D eigenvalue weighted by atomic mass is 10.3. The molecule has 0 radical (unpaired) electrons. The first-order valence-corrected chi connectivity index (χ1v) is 6.62. The Bertz CT molecular complexity index is 468. The summed E-state index contributed by atoms with van der Waals surface area (Å²) in [6.45, 7) is 7.15. The summed E-state index contributed by atoms with van der Waals surface area (Å²) in [6.07, 6.45) is 0.293. The van der Waals surface area contributed by atoms with Crippen molar-refractivity contribution in [2.24, 2.45) is 0 Å². The zero-order valence-corrected chi connectivity index (χ0v) is 11.8. The molecule has 0 spiro atoms. The van der Waals surface area contributed by atoms with Crippen LogP contribution < -0.4 is 10.9 Å². The van der Waals surface area contributed by atoms with Crippen molar-refractivity contribution in [1.82, 2.24) is 9.88 Å². The molecule has 5 heteroatoms. The lowest BCUT2D eigenvalue weighted by molar-refractivity contribution is -0.131. The molecule has 1 aromatic rings. The Hall–Kier alpha value is -1.62. The highest BCUT2D eigenvalue weighted by atomic mass is 16.5. The summed E-state index contributed by atoms with van der Waals surface area (Å²) in [6, 6.07) is 5.19. The molecule has 0 aromatic carbocycles. The molecule has 0 saturated carbocycles. The Morgan fingerprint density at radius 3 is 2.84 bits per heavy atom. The number of rotatable bonds is 7. The standard InChI is InChI=1S/C14H22N2O3/c1-4-19-12(3)14(18)15-9-6-10-16-11(2)7-5-8-13(16)17/h5,7-8,12H,4,6,9-10H2,1-3H3,(H,15,18)/t12-/m0/s1. The van der Waals surface area contributed by atoms with Crippen LogP contribution in [0.3, 0.4) is 0 Å². The van der Waals surface area contributed by atoms with Gasteiger partial charge in [0.25, 0.3) is 5.56 Å². The monoisotopic (exact) mass is 266 g/mol. The van der Waals surface area contributed by atoms with Crippen LogP contribution in [0.5, 0.6) is 0 Å². The van der Waals surface area contributed by atoms with Crippen LogP contribution in [0.2, 0.25) is 0 Å². The normalized spacial score (nSPS) is 12.2. The Morgan fingerprint density at radius 1 is 1.47 bits per heavy atom. The number of hydrogen-bond acceptors (Lipinski definition) is 3. The molecule has 0 fully saturated rings. The molecule has 19 heavy (non-hydrogen) atoms. The SMILES string of the molecule is CCO[C@@H](C)C(=O)NCCCn1c(C)cccc1=O. The van der Waals surface area contributed by atoms with E-state index in [4.69, 9.17) is 4.74 Å². The average molecular weight is 266 g/mol. The lowest BCUT2D eigenvalue weighted by Gasteiger charge is -2.13. The van der Waals surface area contributed by atoms with E-state index in [1.54, 1.807) is 23.6 Å². The number of carbonyl (C=O) groups is 1. The van der Waals surface area contributed by atoms with Crippen LogP contribution >= 0.6 is 0 Å². The van der Waals surface area contributed by atoms with E-state index in [-0.39, 0.29) is 11.5 Å². The van der Waals surface area contributed by atoms with Crippen molar-refractivity contribution in [3.8, 4) is 0 Å². The third-order valence-electron chi connectivity index (χ3n) is 2.91. The summed E-state index contributed by atoms with van der Waals surface area (Å²) < 4.78 is 6.90. The van der Waals surface area contributed by atoms with E-state index in [9.17, 15) is 9.59 Å². The van der Waals surface area contributed by atoms with Crippen LogP contribution in [0.25, 0.3) is 0 Å². The average Bonchev–Trinajstić information content (AvgIpc) is 2.37. The number of nitrogens with one attached hydrogen (secondary N) is 1. The van der Waals surface area contributed by atoms with Gasteiger partial charge in [-0.2, -0.15) is 0 Å². The van der Waals surface area contributed by atoms with Crippen LogP contribution in [-0.2, 0) is 16.1 Å². The predicted octanol–water partition coefficient (Wildman–Crippen LogP) is 1.09. The van der Waals surface area contributed by atoms with E-state index in [0.29, 0.717) is 19.7 Å². The summed E-state index contributed by atoms with van der Waals surface area (Å²) in [5.74, 6) is -0.112. The summed E-state index contributed by atoms with van der Waals surface area (Å²) in [5.41, 5.74) is 0.926. The number of aromatic nitrogens is 1. The van der Waals surface area contributed by atoms with E-state index in [0.717, 1.165) is 12.1 Å². The van der Waals surface area contributed by atoms with Crippen molar-refractivity contribution in [3.63, 3.8) is 0 Å². The van der Waals surface area contributed by atoms with Gasteiger partial charge >= 0.3 is 0 Å². The van der Waals surface area contributed by atoms with Crippen LogP contribution in [0.15, 0.2) is 23.0 Å². The molecule has 1 aromatic heterocycles. The highest BCUT2D eigenvalue weighted by molar-refractivity contribution is 5.80. The van der Waals surface area contributed by atoms with Crippen molar-refractivity contribution in [3.05, 3.63) is 34.2 Å². The summed E-state index contributed by atoms with van der Waals surface area (Å²) in [7, 11) is 0. The molecule has 1 amide bonds. The highest BCUT2D eigenvalue weighted by Crippen LogP contribution is 1.95. The maximum absolute atomic E-state index is 11.6. The first-order chi connectivity index (χ1) is 9.06. The second-order valence-electron chi connectivity index (χ2n) is 4.40. The minimum Gasteiger partial charge on any atom is -0.369 e. The Labute approximate surface area is 113 Å². The van der Waals surface area contributed by atoms with Gasteiger partial charge in [-0.1, -0.05) is 6.07 Å². The second kappa shape index (κ2) is 7.74. The van der Waals surface area contributed by atoms with Gasteiger partial charge in [-0.3, -0.25) is 9.59 Å².